The molecule has 2 aromatic carbocycles. The number of benzene rings is 2. The molecule has 0 saturated heterocycles. The monoisotopic (exact) mass is 364 g/mol. The van der Waals surface area contributed by atoms with E-state index >= 15 is 0 Å². The number of halogens is 1. The fraction of sp³-hybridized carbons (Fsp3) is 0.190. The standard InChI is InChI=1S/C21H21FN4O/c1-3-16-6-4-5-14(2)20(16)26-19-13-23-18(12-24-19)21(27)25-11-15-7-9-17(22)10-8-15/h4-10,12-13H,3,11H2,1-2H3,(H,24,26)(H,25,27). The van der Waals surface area contributed by atoms with E-state index in [0.717, 1.165) is 23.2 Å². The van der Waals surface area contributed by atoms with E-state index in [1.165, 1.54) is 23.9 Å². The number of hydrogen-bond donors (Lipinski definition) is 2. The van der Waals surface area contributed by atoms with Gasteiger partial charge in [0.15, 0.2) is 0 Å². The quantitative estimate of drug-likeness (QED) is 0.689. The molecule has 1 heterocycles. The first kappa shape index (κ1) is 18.5. The van der Waals surface area contributed by atoms with Crippen molar-refractivity contribution < 1.29 is 9.18 Å². The highest BCUT2D eigenvalue weighted by Crippen LogP contribution is 2.24. The fourth-order valence-corrected chi connectivity index (χ4v) is 2.72. The molecule has 2 N–H and O–H groups in total. The molecular formula is C21H21FN4O. The number of nitrogens with zero attached hydrogens (tertiary/aromatic N) is 2. The number of hydrogen-bond acceptors (Lipinski definition) is 4. The first-order valence-corrected chi connectivity index (χ1v) is 8.77. The van der Waals surface area contributed by atoms with Crippen LogP contribution in [0.25, 0.3) is 0 Å². The number of nitrogens with one attached hydrogen (secondary N) is 2. The number of rotatable bonds is 6. The largest absolute Gasteiger partial charge is 0.347 e. The van der Waals surface area contributed by atoms with E-state index in [0.29, 0.717) is 12.4 Å². The van der Waals surface area contributed by atoms with Gasteiger partial charge in [-0.15, -0.1) is 0 Å². The molecule has 0 aliphatic carbocycles. The zero-order valence-corrected chi connectivity index (χ0v) is 15.3. The summed E-state index contributed by atoms with van der Waals surface area (Å²) in [4.78, 5) is 20.7. The van der Waals surface area contributed by atoms with Crippen LogP contribution in [-0.2, 0) is 13.0 Å². The van der Waals surface area contributed by atoms with Gasteiger partial charge in [0.2, 0.25) is 0 Å². The van der Waals surface area contributed by atoms with Gasteiger partial charge in [-0.25, -0.2) is 14.4 Å². The summed E-state index contributed by atoms with van der Waals surface area (Å²) in [6, 6.07) is 12.1. The van der Waals surface area contributed by atoms with Crippen LogP contribution >= 0.6 is 0 Å². The van der Waals surface area contributed by atoms with Crippen molar-refractivity contribution in [3.05, 3.63) is 83.1 Å². The molecule has 138 valence electrons. The molecular weight excluding hydrogens is 343 g/mol. The lowest BCUT2D eigenvalue weighted by Gasteiger charge is -2.13. The van der Waals surface area contributed by atoms with Crippen molar-refractivity contribution >= 4 is 17.4 Å². The van der Waals surface area contributed by atoms with Gasteiger partial charge in [0, 0.05) is 12.2 Å². The number of anilines is 2. The van der Waals surface area contributed by atoms with Gasteiger partial charge in [-0.3, -0.25) is 4.79 Å². The summed E-state index contributed by atoms with van der Waals surface area (Å²) in [7, 11) is 0. The Bertz CT molecular complexity index is 924. The molecule has 5 nitrogen and oxygen atoms in total. The molecule has 0 aliphatic heterocycles. The van der Waals surface area contributed by atoms with Crippen LogP contribution in [0.2, 0.25) is 0 Å². The van der Waals surface area contributed by atoms with Gasteiger partial charge < -0.3 is 10.6 Å². The van der Waals surface area contributed by atoms with Crippen LogP contribution in [0.3, 0.4) is 0 Å². The predicted octanol–water partition coefficient (Wildman–Crippen LogP) is 4.16. The Hall–Kier alpha value is -3.28. The van der Waals surface area contributed by atoms with Crippen molar-refractivity contribution in [3.8, 4) is 0 Å². The fourth-order valence-electron chi connectivity index (χ4n) is 2.72. The molecule has 0 radical (unpaired) electrons. The van der Waals surface area contributed by atoms with Crippen LogP contribution in [0.5, 0.6) is 0 Å². The number of aromatic nitrogens is 2. The van der Waals surface area contributed by atoms with Crippen LogP contribution in [0.1, 0.15) is 34.1 Å². The third-order valence-corrected chi connectivity index (χ3v) is 4.24. The third kappa shape index (κ3) is 4.67. The van der Waals surface area contributed by atoms with E-state index in [-0.39, 0.29) is 17.4 Å². The highest BCUT2D eigenvalue weighted by atomic mass is 19.1. The highest BCUT2D eigenvalue weighted by molar-refractivity contribution is 5.92. The summed E-state index contributed by atoms with van der Waals surface area (Å²) in [5, 5.41) is 6.03. The topological polar surface area (TPSA) is 66.9 Å². The van der Waals surface area contributed by atoms with Crippen molar-refractivity contribution in [1.82, 2.24) is 15.3 Å². The third-order valence-electron chi connectivity index (χ3n) is 4.24. The lowest BCUT2D eigenvalue weighted by molar-refractivity contribution is 0.0945. The summed E-state index contributed by atoms with van der Waals surface area (Å²) >= 11 is 0. The SMILES string of the molecule is CCc1cccc(C)c1Nc1cnc(C(=O)NCc2ccc(F)cc2)cn1. The van der Waals surface area contributed by atoms with E-state index in [4.69, 9.17) is 0 Å². The molecule has 0 atom stereocenters. The van der Waals surface area contributed by atoms with Crippen LogP contribution in [-0.4, -0.2) is 15.9 Å². The zero-order chi connectivity index (χ0) is 19.2. The van der Waals surface area contributed by atoms with Crippen molar-refractivity contribution in [2.75, 3.05) is 5.32 Å². The second kappa shape index (κ2) is 8.40. The maximum absolute atomic E-state index is 12.9. The average molecular weight is 364 g/mol. The van der Waals surface area contributed by atoms with Gasteiger partial charge in [0.25, 0.3) is 5.91 Å². The summed E-state index contributed by atoms with van der Waals surface area (Å²) in [5.74, 6) is -0.0588. The van der Waals surface area contributed by atoms with Gasteiger partial charge in [0.1, 0.15) is 17.3 Å². The molecule has 0 spiro atoms. The van der Waals surface area contributed by atoms with Gasteiger partial charge in [-0.05, 0) is 42.2 Å². The molecule has 0 unspecified atom stereocenters. The number of carbonyl (C=O) groups excluding carboxylic acids is 1. The van der Waals surface area contributed by atoms with E-state index in [2.05, 4.69) is 33.6 Å². The molecule has 0 aliphatic rings. The zero-order valence-electron chi connectivity index (χ0n) is 15.3. The number of para-hydroxylation sites is 1. The lowest BCUT2D eigenvalue weighted by atomic mass is 10.1. The van der Waals surface area contributed by atoms with E-state index in [1.807, 2.05) is 19.1 Å². The second-order valence-corrected chi connectivity index (χ2v) is 6.18. The molecule has 27 heavy (non-hydrogen) atoms. The molecule has 0 fully saturated rings. The summed E-state index contributed by atoms with van der Waals surface area (Å²) in [6.45, 7) is 4.43. The maximum atomic E-state index is 12.9. The summed E-state index contributed by atoms with van der Waals surface area (Å²) in [6.07, 6.45) is 3.88. The molecule has 0 saturated carbocycles. The molecule has 1 amide bonds. The number of aryl methyl sites for hydroxylation is 2. The lowest BCUT2D eigenvalue weighted by Crippen LogP contribution is -2.24. The number of carbonyl (C=O) groups is 1. The molecule has 3 rings (SSSR count). The molecule has 1 aromatic heterocycles. The van der Waals surface area contributed by atoms with Crippen LogP contribution in [0.4, 0.5) is 15.9 Å². The van der Waals surface area contributed by atoms with Gasteiger partial charge >= 0.3 is 0 Å². The van der Waals surface area contributed by atoms with Crippen LogP contribution in [0, 0.1) is 12.7 Å². The van der Waals surface area contributed by atoms with Crippen LogP contribution in [0.15, 0.2) is 54.9 Å². The maximum Gasteiger partial charge on any atom is 0.271 e. The Morgan fingerprint density at radius 2 is 1.85 bits per heavy atom. The van der Waals surface area contributed by atoms with Crippen molar-refractivity contribution in [3.63, 3.8) is 0 Å². The summed E-state index contributed by atoms with van der Waals surface area (Å²) < 4.78 is 12.9. The van der Waals surface area contributed by atoms with Gasteiger partial charge in [-0.2, -0.15) is 0 Å². The molecule has 3 aromatic rings. The van der Waals surface area contributed by atoms with Crippen molar-refractivity contribution in [2.24, 2.45) is 0 Å². The number of amides is 1. The molecule has 0 bridgehead atoms. The van der Waals surface area contributed by atoms with E-state index in [1.54, 1.807) is 18.3 Å². The Balaban J connectivity index is 1.64. The van der Waals surface area contributed by atoms with E-state index in [9.17, 15) is 9.18 Å². The summed E-state index contributed by atoms with van der Waals surface area (Å²) in [5.41, 5.74) is 4.36. The highest BCUT2D eigenvalue weighted by Gasteiger charge is 2.10. The second-order valence-electron chi connectivity index (χ2n) is 6.18. The smallest absolute Gasteiger partial charge is 0.271 e. The first-order valence-electron chi connectivity index (χ1n) is 8.77. The molecule has 6 heteroatoms. The minimum atomic E-state index is -0.330. The predicted molar refractivity (Wildman–Crippen MR) is 103 cm³/mol. The normalized spacial score (nSPS) is 10.5. The Kier molecular flexibility index (Phi) is 5.76. The van der Waals surface area contributed by atoms with Gasteiger partial charge in [-0.1, -0.05) is 37.3 Å². The van der Waals surface area contributed by atoms with Gasteiger partial charge in [0.05, 0.1) is 12.4 Å². The Morgan fingerprint density at radius 1 is 1.07 bits per heavy atom. The minimum Gasteiger partial charge on any atom is -0.347 e. The average Bonchev–Trinajstić information content (AvgIpc) is 2.69. The van der Waals surface area contributed by atoms with Crippen LogP contribution < -0.4 is 10.6 Å². The van der Waals surface area contributed by atoms with Crippen molar-refractivity contribution in [2.45, 2.75) is 26.8 Å². The first-order chi connectivity index (χ1) is 13.1. The Morgan fingerprint density at radius 3 is 2.52 bits per heavy atom. The van der Waals surface area contributed by atoms with E-state index < -0.39 is 0 Å². The minimum absolute atomic E-state index is 0.225. The van der Waals surface area contributed by atoms with Crippen molar-refractivity contribution in [1.29, 1.82) is 0 Å². The Labute approximate surface area is 157 Å².